The molecule has 0 radical (unpaired) electrons. The Morgan fingerprint density at radius 1 is 0.963 bits per heavy atom. The first-order valence-electron chi connectivity index (χ1n) is 8.85. The van der Waals surface area contributed by atoms with Crippen LogP contribution in [-0.4, -0.2) is 42.9 Å². The zero-order valence-electron chi connectivity index (χ0n) is 14.6. The normalized spacial score (nSPS) is 18.8. The van der Waals surface area contributed by atoms with Gasteiger partial charge in [-0.25, -0.2) is 15.0 Å². The van der Waals surface area contributed by atoms with Gasteiger partial charge >= 0.3 is 0 Å². The summed E-state index contributed by atoms with van der Waals surface area (Å²) in [5, 5.41) is 6.39. The topological polar surface area (TPSA) is 106 Å². The van der Waals surface area contributed by atoms with Crippen LogP contribution in [0.5, 0.6) is 0 Å². The summed E-state index contributed by atoms with van der Waals surface area (Å²) in [5.41, 5.74) is 2.11. The van der Waals surface area contributed by atoms with Gasteiger partial charge in [0.05, 0.1) is 11.9 Å². The third-order valence-corrected chi connectivity index (χ3v) is 4.51. The van der Waals surface area contributed by atoms with Crippen molar-refractivity contribution in [1.82, 2.24) is 30.2 Å². The molecular weight excluding hydrogens is 342 g/mol. The smallest absolute Gasteiger partial charge is 0.271 e. The van der Waals surface area contributed by atoms with Crippen molar-refractivity contribution in [3.8, 4) is 11.3 Å². The molecular formula is C19H19N7O. The Kier molecular flexibility index (Phi) is 4.95. The van der Waals surface area contributed by atoms with E-state index < -0.39 is 0 Å². The van der Waals surface area contributed by atoms with Gasteiger partial charge in [0.15, 0.2) is 0 Å². The zero-order chi connectivity index (χ0) is 18.5. The number of anilines is 1. The highest BCUT2D eigenvalue weighted by Gasteiger charge is 2.27. The zero-order valence-corrected chi connectivity index (χ0v) is 14.6. The molecule has 27 heavy (non-hydrogen) atoms. The van der Waals surface area contributed by atoms with Crippen molar-refractivity contribution < 1.29 is 4.79 Å². The van der Waals surface area contributed by atoms with Crippen LogP contribution in [0.4, 0.5) is 5.95 Å². The van der Waals surface area contributed by atoms with Crippen molar-refractivity contribution in [3.05, 3.63) is 61.1 Å². The Bertz CT molecular complexity index is 904. The summed E-state index contributed by atoms with van der Waals surface area (Å²) in [5.74, 6) is 0.394. The predicted octanol–water partition coefficient (Wildman–Crippen LogP) is 2.09. The monoisotopic (exact) mass is 361 g/mol. The Labute approximate surface area is 156 Å². The van der Waals surface area contributed by atoms with Crippen molar-refractivity contribution in [2.75, 3.05) is 5.32 Å². The highest BCUT2D eigenvalue weighted by atomic mass is 16.1. The second-order valence-corrected chi connectivity index (χ2v) is 6.42. The summed E-state index contributed by atoms with van der Waals surface area (Å²) in [7, 11) is 0. The number of hydrogen-bond acceptors (Lipinski definition) is 7. The number of pyridine rings is 1. The van der Waals surface area contributed by atoms with Gasteiger partial charge in [0.2, 0.25) is 5.95 Å². The standard InChI is InChI=1S/C19H19N7O/c27-18(17-12-21-8-9-22-17)24-14-3-4-15(10-14)25-19-23-7-5-16(26-19)13-2-1-6-20-11-13/h1-2,5-9,11-12,14-15H,3-4,10H2,(H,24,27)(H,23,25,26)/t14-,15-/m0/s1. The maximum atomic E-state index is 12.2. The average Bonchev–Trinajstić information content (AvgIpc) is 3.16. The Hall–Kier alpha value is -3.42. The minimum atomic E-state index is -0.191. The van der Waals surface area contributed by atoms with Gasteiger partial charge in [0, 0.05) is 48.6 Å². The van der Waals surface area contributed by atoms with Gasteiger partial charge in [-0.2, -0.15) is 0 Å². The maximum Gasteiger partial charge on any atom is 0.271 e. The van der Waals surface area contributed by atoms with Crippen molar-refractivity contribution >= 4 is 11.9 Å². The molecule has 0 saturated heterocycles. The van der Waals surface area contributed by atoms with Crippen LogP contribution in [0.3, 0.4) is 0 Å². The molecule has 0 unspecified atom stereocenters. The number of aromatic nitrogens is 5. The van der Waals surface area contributed by atoms with Crippen LogP contribution < -0.4 is 10.6 Å². The number of carbonyl (C=O) groups is 1. The van der Waals surface area contributed by atoms with E-state index in [-0.39, 0.29) is 18.0 Å². The Balaban J connectivity index is 1.36. The van der Waals surface area contributed by atoms with Crippen molar-refractivity contribution in [1.29, 1.82) is 0 Å². The fourth-order valence-corrected chi connectivity index (χ4v) is 3.21. The molecule has 1 amide bonds. The van der Waals surface area contributed by atoms with E-state index in [9.17, 15) is 4.79 Å². The molecule has 0 spiro atoms. The second kappa shape index (κ2) is 7.86. The van der Waals surface area contributed by atoms with Crippen LogP contribution in [0.25, 0.3) is 11.3 Å². The van der Waals surface area contributed by atoms with E-state index in [4.69, 9.17) is 0 Å². The molecule has 3 aromatic rings. The molecule has 8 heteroatoms. The van der Waals surface area contributed by atoms with Crippen LogP contribution in [-0.2, 0) is 0 Å². The highest BCUT2D eigenvalue weighted by molar-refractivity contribution is 5.92. The number of rotatable bonds is 5. The Morgan fingerprint density at radius 3 is 2.67 bits per heavy atom. The van der Waals surface area contributed by atoms with Gasteiger partial charge < -0.3 is 10.6 Å². The molecule has 0 aromatic carbocycles. The minimum absolute atomic E-state index is 0.0958. The van der Waals surface area contributed by atoms with Gasteiger partial charge in [-0.3, -0.25) is 14.8 Å². The summed E-state index contributed by atoms with van der Waals surface area (Å²) in [6.45, 7) is 0. The lowest BCUT2D eigenvalue weighted by Crippen LogP contribution is -2.34. The second-order valence-electron chi connectivity index (χ2n) is 6.42. The lowest BCUT2D eigenvalue weighted by molar-refractivity contribution is 0.0932. The first-order valence-corrected chi connectivity index (χ1v) is 8.85. The van der Waals surface area contributed by atoms with Crippen LogP contribution >= 0.6 is 0 Å². The molecule has 8 nitrogen and oxygen atoms in total. The fourth-order valence-electron chi connectivity index (χ4n) is 3.21. The van der Waals surface area contributed by atoms with Crippen LogP contribution in [0.2, 0.25) is 0 Å². The lowest BCUT2D eigenvalue weighted by atomic mass is 10.2. The van der Waals surface area contributed by atoms with Gasteiger partial charge in [-0.05, 0) is 37.5 Å². The molecule has 2 N–H and O–H groups in total. The third-order valence-electron chi connectivity index (χ3n) is 4.51. The summed E-state index contributed by atoms with van der Waals surface area (Å²) in [6, 6.07) is 6.01. The summed E-state index contributed by atoms with van der Waals surface area (Å²) < 4.78 is 0. The Morgan fingerprint density at radius 2 is 1.85 bits per heavy atom. The van der Waals surface area contributed by atoms with E-state index >= 15 is 0 Å². The van der Waals surface area contributed by atoms with Gasteiger partial charge in [0.25, 0.3) is 5.91 Å². The van der Waals surface area contributed by atoms with E-state index in [2.05, 4.69) is 35.6 Å². The molecule has 4 rings (SSSR count). The van der Waals surface area contributed by atoms with Crippen molar-refractivity contribution in [2.24, 2.45) is 0 Å². The number of hydrogen-bond donors (Lipinski definition) is 2. The van der Waals surface area contributed by atoms with Gasteiger partial charge in [-0.15, -0.1) is 0 Å². The molecule has 3 aromatic heterocycles. The molecule has 136 valence electrons. The first kappa shape index (κ1) is 17.0. The van der Waals surface area contributed by atoms with E-state index in [1.165, 1.54) is 12.4 Å². The average molecular weight is 361 g/mol. The quantitative estimate of drug-likeness (QED) is 0.717. The molecule has 3 heterocycles. The summed E-state index contributed by atoms with van der Waals surface area (Å²) in [6.07, 6.45) is 12.4. The molecule has 1 aliphatic rings. The number of amides is 1. The van der Waals surface area contributed by atoms with E-state index in [1.54, 1.807) is 24.8 Å². The highest BCUT2D eigenvalue weighted by Crippen LogP contribution is 2.23. The molecule has 0 bridgehead atoms. The first-order chi connectivity index (χ1) is 13.3. The predicted molar refractivity (Wildman–Crippen MR) is 99.8 cm³/mol. The van der Waals surface area contributed by atoms with Gasteiger partial charge in [-0.1, -0.05) is 0 Å². The maximum absolute atomic E-state index is 12.2. The van der Waals surface area contributed by atoms with Crippen LogP contribution in [0, 0.1) is 0 Å². The lowest BCUT2D eigenvalue weighted by Gasteiger charge is -2.14. The van der Waals surface area contributed by atoms with Crippen LogP contribution in [0.15, 0.2) is 55.4 Å². The number of nitrogens with zero attached hydrogens (tertiary/aromatic N) is 5. The fraction of sp³-hybridized carbons (Fsp3) is 0.263. The third kappa shape index (κ3) is 4.22. The largest absolute Gasteiger partial charge is 0.351 e. The molecule has 1 fully saturated rings. The molecule has 1 saturated carbocycles. The van der Waals surface area contributed by atoms with Gasteiger partial charge in [0.1, 0.15) is 5.69 Å². The molecule has 1 aliphatic carbocycles. The van der Waals surface area contributed by atoms with Crippen LogP contribution in [0.1, 0.15) is 29.8 Å². The van der Waals surface area contributed by atoms with E-state index in [0.717, 1.165) is 30.5 Å². The van der Waals surface area contributed by atoms with Crippen molar-refractivity contribution in [2.45, 2.75) is 31.3 Å². The van der Waals surface area contributed by atoms with Crippen molar-refractivity contribution in [3.63, 3.8) is 0 Å². The minimum Gasteiger partial charge on any atom is -0.351 e. The number of carbonyl (C=O) groups excluding carboxylic acids is 1. The summed E-state index contributed by atoms with van der Waals surface area (Å²) in [4.78, 5) is 33.2. The molecule has 2 atom stereocenters. The molecule has 0 aliphatic heterocycles. The number of nitrogens with one attached hydrogen (secondary N) is 2. The summed E-state index contributed by atoms with van der Waals surface area (Å²) >= 11 is 0. The SMILES string of the molecule is O=C(N[C@H]1CC[C@H](Nc2nccc(-c3cccnc3)n2)C1)c1cnccn1. The van der Waals surface area contributed by atoms with E-state index in [1.807, 2.05) is 18.2 Å². The van der Waals surface area contributed by atoms with E-state index in [0.29, 0.717) is 11.6 Å².